The molecule has 1 heterocycles. The third-order valence-electron chi connectivity index (χ3n) is 3.17. The number of rotatable bonds is 6. The Morgan fingerprint density at radius 2 is 2.10 bits per heavy atom. The molecule has 3 nitrogen and oxygen atoms in total. The molecule has 0 unspecified atom stereocenters. The molecular formula is C16H19BrFN3. The number of hydrogen-bond acceptors (Lipinski definition) is 3. The van der Waals surface area contributed by atoms with Crippen molar-refractivity contribution in [3.05, 3.63) is 52.4 Å². The van der Waals surface area contributed by atoms with Crippen LogP contribution >= 0.6 is 15.9 Å². The second-order valence-corrected chi connectivity index (χ2v) is 5.56. The van der Waals surface area contributed by atoms with Crippen LogP contribution in [0.2, 0.25) is 0 Å². The van der Waals surface area contributed by atoms with E-state index in [1.54, 1.807) is 12.3 Å². The van der Waals surface area contributed by atoms with E-state index >= 15 is 0 Å². The molecule has 0 aliphatic rings. The first-order chi connectivity index (χ1) is 10.2. The van der Waals surface area contributed by atoms with Crippen molar-refractivity contribution in [3.63, 3.8) is 0 Å². The van der Waals surface area contributed by atoms with Crippen molar-refractivity contribution in [1.29, 1.82) is 0 Å². The molecule has 2 aromatic rings. The average molecular weight is 352 g/mol. The fourth-order valence-electron chi connectivity index (χ4n) is 2.21. The zero-order valence-electron chi connectivity index (χ0n) is 12.2. The Balaban J connectivity index is 2.41. The van der Waals surface area contributed by atoms with Crippen molar-refractivity contribution in [2.45, 2.75) is 20.4 Å². The molecule has 2 rings (SSSR count). The van der Waals surface area contributed by atoms with Crippen molar-refractivity contribution in [3.8, 4) is 0 Å². The summed E-state index contributed by atoms with van der Waals surface area (Å²) >= 11 is 3.46. The quantitative estimate of drug-likeness (QED) is 0.842. The molecule has 1 aromatic heterocycles. The molecule has 21 heavy (non-hydrogen) atoms. The number of nitrogens with one attached hydrogen (secondary N) is 1. The van der Waals surface area contributed by atoms with Gasteiger partial charge in [0.05, 0.1) is 0 Å². The Morgan fingerprint density at radius 1 is 1.29 bits per heavy atom. The van der Waals surface area contributed by atoms with Gasteiger partial charge in [-0.3, -0.25) is 0 Å². The topological polar surface area (TPSA) is 28.2 Å². The summed E-state index contributed by atoms with van der Waals surface area (Å²) in [6.45, 7) is 6.43. The number of hydrogen-bond donors (Lipinski definition) is 1. The van der Waals surface area contributed by atoms with Crippen LogP contribution in [0.25, 0.3) is 0 Å². The maximum atomic E-state index is 13.5. The predicted octanol–water partition coefficient (Wildman–Crippen LogP) is 4.25. The average Bonchev–Trinajstić information content (AvgIpc) is 2.48. The van der Waals surface area contributed by atoms with Crippen LogP contribution in [0.5, 0.6) is 0 Å². The molecule has 0 radical (unpaired) electrons. The standard InChI is InChI=1S/C16H19BrFN3/c1-3-19-10-12-8-13(17)11-20-16(12)21(4-2)15-7-5-6-14(18)9-15/h5-9,11,19H,3-4,10H2,1-2H3. The Labute approximate surface area is 133 Å². The van der Waals surface area contributed by atoms with Crippen molar-refractivity contribution < 1.29 is 4.39 Å². The van der Waals surface area contributed by atoms with E-state index in [1.807, 2.05) is 24.0 Å². The Kier molecular flexibility index (Phi) is 5.70. The van der Waals surface area contributed by atoms with Gasteiger partial charge in [0.15, 0.2) is 0 Å². The van der Waals surface area contributed by atoms with Gasteiger partial charge in [-0.25, -0.2) is 9.37 Å². The van der Waals surface area contributed by atoms with Gasteiger partial charge in [-0.1, -0.05) is 13.0 Å². The van der Waals surface area contributed by atoms with Crippen molar-refractivity contribution in [2.24, 2.45) is 0 Å². The van der Waals surface area contributed by atoms with Crippen LogP contribution in [-0.4, -0.2) is 18.1 Å². The Bertz CT molecular complexity index is 604. The van der Waals surface area contributed by atoms with Gasteiger partial charge in [-0.05, 0) is 53.7 Å². The number of halogens is 2. The fraction of sp³-hybridized carbons (Fsp3) is 0.312. The van der Waals surface area contributed by atoms with Crippen LogP contribution in [0.1, 0.15) is 19.4 Å². The molecule has 0 fully saturated rings. The van der Waals surface area contributed by atoms with E-state index in [9.17, 15) is 4.39 Å². The summed E-state index contributed by atoms with van der Waals surface area (Å²) in [6, 6.07) is 8.65. The van der Waals surface area contributed by atoms with E-state index in [1.165, 1.54) is 12.1 Å². The van der Waals surface area contributed by atoms with E-state index in [0.29, 0.717) is 0 Å². The van der Waals surface area contributed by atoms with E-state index in [2.05, 4.69) is 33.2 Å². The summed E-state index contributed by atoms with van der Waals surface area (Å²) < 4.78 is 14.4. The number of aromatic nitrogens is 1. The number of benzene rings is 1. The second kappa shape index (κ2) is 7.52. The summed E-state index contributed by atoms with van der Waals surface area (Å²) in [5, 5.41) is 3.31. The van der Waals surface area contributed by atoms with E-state index in [4.69, 9.17) is 0 Å². The van der Waals surface area contributed by atoms with Gasteiger partial charge in [0.25, 0.3) is 0 Å². The summed E-state index contributed by atoms with van der Waals surface area (Å²) in [7, 11) is 0. The second-order valence-electron chi connectivity index (χ2n) is 4.64. The van der Waals surface area contributed by atoms with Crippen LogP contribution in [0.4, 0.5) is 15.9 Å². The largest absolute Gasteiger partial charge is 0.326 e. The summed E-state index contributed by atoms with van der Waals surface area (Å²) in [6.07, 6.45) is 1.77. The van der Waals surface area contributed by atoms with Gasteiger partial charge in [0.2, 0.25) is 0 Å². The highest BCUT2D eigenvalue weighted by atomic mass is 79.9. The summed E-state index contributed by atoms with van der Waals surface area (Å²) in [5.74, 6) is 0.614. The van der Waals surface area contributed by atoms with Gasteiger partial charge in [-0.2, -0.15) is 0 Å². The Morgan fingerprint density at radius 3 is 2.76 bits per heavy atom. The SMILES string of the molecule is CCNCc1cc(Br)cnc1N(CC)c1cccc(F)c1. The monoisotopic (exact) mass is 351 g/mol. The van der Waals surface area contributed by atoms with Crippen LogP contribution in [0.15, 0.2) is 41.0 Å². The molecule has 0 saturated carbocycles. The first-order valence-corrected chi connectivity index (χ1v) is 7.83. The number of anilines is 2. The molecule has 0 aliphatic heterocycles. The third kappa shape index (κ3) is 4.02. The normalized spacial score (nSPS) is 10.7. The maximum absolute atomic E-state index is 13.5. The summed E-state index contributed by atoms with van der Waals surface area (Å²) in [4.78, 5) is 6.54. The fourth-order valence-corrected chi connectivity index (χ4v) is 2.58. The predicted molar refractivity (Wildman–Crippen MR) is 88.4 cm³/mol. The highest BCUT2D eigenvalue weighted by Gasteiger charge is 2.14. The van der Waals surface area contributed by atoms with Crippen LogP contribution in [0.3, 0.4) is 0 Å². The first kappa shape index (κ1) is 15.9. The lowest BCUT2D eigenvalue weighted by molar-refractivity contribution is 0.627. The molecule has 1 N–H and O–H groups in total. The minimum Gasteiger partial charge on any atom is -0.326 e. The first-order valence-electron chi connectivity index (χ1n) is 7.04. The van der Waals surface area contributed by atoms with Crippen LogP contribution in [0, 0.1) is 5.82 Å². The molecule has 0 bridgehead atoms. The van der Waals surface area contributed by atoms with E-state index in [-0.39, 0.29) is 5.82 Å². The zero-order valence-corrected chi connectivity index (χ0v) is 13.8. The molecule has 0 saturated heterocycles. The van der Waals surface area contributed by atoms with Crippen molar-refractivity contribution >= 4 is 27.4 Å². The van der Waals surface area contributed by atoms with Crippen molar-refractivity contribution in [1.82, 2.24) is 10.3 Å². The minimum absolute atomic E-state index is 0.240. The molecule has 0 aliphatic carbocycles. The number of nitrogens with zero attached hydrogens (tertiary/aromatic N) is 2. The highest BCUT2D eigenvalue weighted by molar-refractivity contribution is 9.10. The maximum Gasteiger partial charge on any atom is 0.137 e. The third-order valence-corrected chi connectivity index (χ3v) is 3.60. The van der Waals surface area contributed by atoms with Crippen LogP contribution < -0.4 is 10.2 Å². The Hall–Kier alpha value is -1.46. The molecule has 112 valence electrons. The van der Waals surface area contributed by atoms with Gasteiger partial charge >= 0.3 is 0 Å². The molecule has 0 atom stereocenters. The smallest absolute Gasteiger partial charge is 0.137 e. The lowest BCUT2D eigenvalue weighted by Gasteiger charge is -2.25. The number of pyridine rings is 1. The van der Waals surface area contributed by atoms with Gasteiger partial charge < -0.3 is 10.2 Å². The van der Waals surface area contributed by atoms with Gasteiger partial charge in [-0.15, -0.1) is 0 Å². The molecule has 5 heteroatoms. The van der Waals surface area contributed by atoms with E-state index < -0.39 is 0 Å². The van der Waals surface area contributed by atoms with Crippen molar-refractivity contribution in [2.75, 3.05) is 18.0 Å². The van der Waals surface area contributed by atoms with E-state index in [0.717, 1.165) is 41.2 Å². The molecule has 0 amide bonds. The molecular weight excluding hydrogens is 333 g/mol. The molecule has 1 aromatic carbocycles. The lowest BCUT2D eigenvalue weighted by atomic mass is 10.2. The minimum atomic E-state index is -0.240. The van der Waals surface area contributed by atoms with Gasteiger partial charge in [0, 0.05) is 35.0 Å². The zero-order chi connectivity index (χ0) is 15.2. The lowest BCUT2D eigenvalue weighted by Crippen LogP contribution is -2.21. The highest BCUT2D eigenvalue weighted by Crippen LogP contribution is 2.28. The van der Waals surface area contributed by atoms with Crippen LogP contribution in [-0.2, 0) is 6.54 Å². The van der Waals surface area contributed by atoms with Gasteiger partial charge in [0.1, 0.15) is 11.6 Å². The molecule has 0 spiro atoms. The summed E-state index contributed by atoms with van der Waals surface area (Å²) in [5.41, 5.74) is 1.89.